The van der Waals surface area contributed by atoms with Crippen LogP contribution in [-0.4, -0.2) is 27.1 Å². The van der Waals surface area contributed by atoms with Crippen LogP contribution in [-0.2, 0) is 0 Å². The van der Waals surface area contributed by atoms with Crippen LogP contribution >= 0.6 is 23.4 Å². The predicted octanol–water partition coefficient (Wildman–Crippen LogP) is 5.24. The Morgan fingerprint density at radius 1 is 1.15 bits per heavy atom. The monoisotopic (exact) mass is 389 g/mol. The zero-order chi connectivity index (χ0) is 17.9. The van der Waals surface area contributed by atoms with Gasteiger partial charge in [0, 0.05) is 16.8 Å². The minimum absolute atomic E-state index is 0.275. The van der Waals surface area contributed by atoms with Crippen molar-refractivity contribution in [2.24, 2.45) is 0 Å². The second-order valence-electron chi connectivity index (χ2n) is 6.04. The van der Waals surface area contributed by atoms with E-state index in [1.54, 1.807) is 30.0 Å². The van der Waals surface area contributed by atoms with Crippen LogP contribution in [0.5, 0.6) is 5.75 Å². The molecule has 1 saturated carbocycles. The van der Waals surface area contributed by atoms with Crippen LogP contribution in [0.3, 0.4) is 0 Å². The Morgan fingerprint density at radius 3 is 2.77 bits per heavy atom. The number of aromatic nitrogens is 3. The molecule has 0 atom stereocenters. The molecule has 1 aliphatic rings. The van der Waals surface area contributed by atoms with Gasteiger partial charge in [0.15, 0.2) is 11.0 Å². The van der Waals surface area contributed by atoms with Gasteiger partial charge in [-0.1, -0.05) is 41.6 Å². The van der Waals surface area contributed by atoms with E-state index in [4.69, 9.17) is 16.3 Å². The molecule has 0 saturated heterocycles. The van der Waals surface area contributed by atoms with E-state index in [-0.39, 0.29) is 5.82 Å². The van der Waals surface area contributed by atoms with Gasteiger partial charge in [-0.05, 0) is 43.2 Å². The third-order valence-corrected chi connectivity index (χ3v) is 5.21. The summed E-state index contributed by atoms with van der Waals surface area (Å²) in [4.78, 5) is 0. The molecule has 0 N–H and O–H groups in total. The van der Waals surface area contributed by atoms with Gasteiger partial charge in [0.25, 0.3) is 0 Å². The lowest BCUT2D eigenvalue weighted by molar-refractivity contribution is 0.344. The van der Waals surface area contributed by atoms with Crippen molar-refractivity contribution in [3.63, 3.8) is 0 Å². The van der Waals surface area contributed by atoms with Crippen LogP contribution in [0.1, 0.15) is 18.9 Å². The van der Waals surface area contributed by atoms with Crippen LogP contribution < -0.4 is 4.74 Å². The standard InChI is InChI=1S/C19H17ClFN3OS/c20-13-4-3-5-15(12-13)25-10-11-26-19-23-22-18(24(19)14-8-9-14)16-6-1-2-7-17(16)21/h1-7,12,14H,8-11H2. The van der Waals surface area contributed by atoms with Gasteiger partial charge < -0.3 is 4.74 Å². The van der Waals surface area contributed by atoms with Crippen LogP contribution in [0, 0.1) is 5.82 Å². The van der Waals surface area contributed by atoms with E-state index >= 15 is 0 Å². The first-order valence-electron chi connectivity index (χ1n) is 8.43. The second kappa shape index (κ2) is 7.68. The van der Waals surface area contributed by atoms with Gasteiger partial charge in [-0.15, -0.1) is 10.2 Å². The summed E-state index contributed by atoms with van der Waals surface area (Å²) >= 11 is 7.52. The molecular weight excluding hydrogens is 373 g/mol. The number of ether oxygens (including phenoxy) is 1. The molecule has 3 aromatic rings. The molecule has 1 heterocycles. The summed E-state index contributed by atoms with van der Waals surface area (Å²) in [6.07, 6.45) is 2.15. The molecule has 2 aromatic carbocycles. The number of hydrogen-bond acceptors (Lipinski definition) is 4. The second-order valence-corrected chi connectivity index (χ2v) is 7.54. The maximum absolute atomic E-state index is 14.2. The van der Waals surface area contributed by atoms with Crippen LogP contribution in [0.4, 0.5) is 4.39 Å². The summed E-state index contributed by atoms with van der Waals surface area (Å²) in [5.41, 5.74) is 0.494. The van der Waals surface area contributed by atoms with Gasteiger partial charge in [0.1, 0.15) is 11.6 Å². The van der Waals surface area contributed by atoms with E-state index in [9.17, 15) is 4.39 Å². The third kappa shape index (κ3) is 3.86. The summed E-state index contributed by atoms with van der Waals surface area (Å²) in [7, 11) is 0. The first-order chi connectivity index (χ1) is 12.7. The summed E-state index contributed by atoms with van der Waals surface area (Å²) in [6, 6.07) is 14.4. The molecular formula is C19H17ClFN3OS. The Labute approximate surface area is 160 Å². The lowest BCUT2D eigenvalue weighted by atomic mass is 10.2. The smallest absolute Gasteiger partial charge is 0.191 e. The predicted molar refractivity (Wildman–Crippen MR) is 101 cm³/mol. The molecule has 0 aliphatic heterocycles. The van der Waals surface area contributed by atoms with Crippen molar-refractivity contribution in [2.45, 2.75) is 24.0 Å². The van der Waals surface area contributed by atoms with Crippen molar-refractivity contribution in [3.05, 3.63) is 59.4 Å². The average molecular weight is 390 g/mol. The molecule has 26 heavy (non-hydrogen) atoms. The van der Waals surface area contributed by atoms with E-state index in [2.05, 4.69) is 14.8 Å². The molecule has 1 aromatic heterocycles. The molecule has 1 aliphatic carbocycles. The Kier molecular flexibility index (Phi) is 5.13. The van der Waals surface area contributed by atoms with E-state index in [1.807, 2.05) is 24.3 Å². The van der Waals surface area contributed by atoms with Gasteiger partial charge in [-0.2, -0.15) is 0 Å². The van der Waals surface area contributed by atoms with Crippen LogP contribution in [0.25, 0.3) is 11.4 Å². The molecule has 0 amide bonds. The number of thioether (sulfide) groups is 1. The van der Waals surface area contributed by atoms with Crippen molar-refractivity contribution in [1.82, 2.24) is 14.8 Å². The van der Waals surface area contributed by atoms with E-state index in [0.29, 0.717) is 34.8 Å². The molecule has 4 rings (SSSR count). The SMILES string of the molecule is Fc1ccccc1-c1nnc(SCCOc2cccc(Cl)c2)n1C1CC1. The quantitative estimate of drug-likeness (QED) is 0.409. The average Bonchev–Trinajstić information content (AvgIpc) is 3.39. The topological polar surface area (TPSA) is 39.9 Å². The minimum atomic E-state index is -0.275. The largest absolute Gasteiger partial charge is 0.493 e. The number of rotatable bonds is 7. The Hall–Kier alpha value is -2.05. The minimum Gasteiger partial charge on any atom is -0.493 e. The van der Waals surface area contributed by atoms with Gasteiger partial charge in [0.05, 0.1) is 12.2 Å². The van der Waals surface area contributed by atoms with Crippen molar-refractivity contribution >= 4 is 23.4 Å². The van der Waals surface area contributed by atoms with E-state index in [1.165, 1.54) is 6.07 Å². The Morgan fingerprint density at radius 2 is 2.00 bits per heavy atom. The molecule has 0 unspecified atom stereocenters. The molecule has 134 valence electrons. The summed E-state index contributed by atoms with van der Waals surface area (Å²) in [5, 5.41) is 9.99. The van der Waals surface area contributed by atoms with Gasteiger partial charge >= 0.3 is 0 Å². The first kappa shape index (κ1) is 17.4. The lowest BCUT2D eigenvalue weighted by Gasteiger charge is -2.10. The Bertz CT molecular complexity index is 913. The van der Waals surface area contributed by atoms with Crippen molar-refractivity contribution < 1.29 is 9.13 Å². The Balaban J connectivity index is 1.45. The molecule has 0 spiro atoms. The zero-order valence-corrected chi connectivity index (χ0v) is 15.5. The number of halogens is 2. The highest BCUT2D eigenvalue weighted by Gasteiger charge is 2.30. The molecule has 4 nitrogen and oxygen atoms in total. The molecule has 0 bridgehead atoms. The number of nitrogens with zero attached hydrogens (tertiary/aromatic N) is 3. The fraction of sp³-hybridized carbons (Fsp3) is 0.263. The highest BCUT2D eigenvalue weighted by Crippen LogP contribution is 2.41. The fourth-order valence-electron chi connectivity index (χ4n) is 2.71. The van der Waals surface area contributed by atoms with Gasteiger partial charge in [0.2, 0.25) is 0 Å². The first-order valence-corrected chi connectivity index (χ1v) is 9.79. The number of benzene rings is 2. The highest BCUT2D eigenvalue weighted by atomic mass is 35.5. The lowest BCUT2D eigenvalue weighted by Crippen LogP contribution is -2.04. The molecule has 7 heteroatoms. The van der Waals surface area contributed by atoms with E-state index < -0.39 is 0 Å². The van der Waals surface area contributed by atoms with Crippen LogP contribution in [0.2, 0.25) is 5.02 Å². The van der Waals surface area contributed by atoms with Crippen molar-refractivity contribution in [3.8, 4) is 17.1 Å². The van der Waals surface area contributed by atoms with Gasteiger partial charge in [-0.3, -0.25) is 4.57 Å². The maximum atomic E-state index is 14.2. The van der Waals surface area contributed by atoms with Crippen molar-refractivity contribution in [1.29, 1.82) is 0 Å². The van der Waals surface area contributed by atoms with E-state index in [0.717, 1.165) is 23.7 Å². The summed E-state index contributed by atoms with van der Waals surface area (Å²) < 4.78 is 21.9. The van der Waals surface area contributed by atoms with Crippen molar-refractivity contribution in [2.75, 3.05) is 12.4 Å². The van der Waals surface area contributed by atoms with Gasteiger partial charge in [-0.25, -0.2) is 4.39 Å². The highest BCUT2D eigenvalue weighted by molar-refractivity contribution is 7.99. The molecule has 1 fully saturated rings. The van der Waals surface area contributed by atoms with Crippen LogP contribution in [0.15, 0.2) is 53.7 Å². The summed E-state index contributed by atoms with van der Waals surface area (Å²) in [5.74, 6) is 1.79. The third-order valence-electron chi connectivity index (χ3n) is 4.07. The zero-order valence-electron chi connectivity index (χ0n) is 13.9. The maximum Gasteiger partial charge on any atom is 0.191 e. The fourth-order valence-corrected chi connectivity index (χ4v) is 3.72. The molecule has 0 radical (unpaired) electrons. The normalized spacial score (nSPS) is 13.8. The summed E-state index contributed by atoms with van der Waals surface area (Å²) in [6.45, 7) is 0.525. The number of hydrogen-bond donors (Lipinski definition) is 0.